The van der Waals surface area contributed by atoms with Crippen LogP contribution in [0.2, 0.25) is 0 Å². The number of hydrogen-bond acceptors (Lipinski definition) is 5. The first-order chi connectivity index (χ1) is 15.0. The number of carbonyl (C=O) groups is 1. The molecule has 1 amide bonds. The SMILES string of the molecule is Cc1c(NC(=O)/C(C#N)=C/c2ccccc2OCC#N)c(=O)n(-c2ccccc2)n1C. The van der Waals surface area contributed by atoms with E-state index >= 15 is 0 Å². The molecule has 0 unspecified atom stereocenters. The summed E-state index contributed by atoms with van der Waals surface area (Å²) in [6.45, 7) is 1.54. The van der Waals surface area contributed by atoms with Crippen LogP contribution in [0.1, 0.15) is 11.3 Å². The van der Waals surface area contributed by atoms with Crippen molar-refractivity contribution in [3.8, 4) is 23.6 Å². The number of benzene rings is 2. The number of anilines is 1. The molecule has 0 radical (unpaired) electrons. The van der Waals surface area contributed by atoms with E-state index in [1.54, 1.807) is 55.1 Å². The Kier molecular flexibility index (Phi) is 6.34. The molecule has 154 valence electrons. The third-order valence-electron chi connectivity index (χ3n) is 4.67. The second kappa shape index (κ2) is 9.29. The number of carbonyl (C=O) groups excluding carboxylic acids is 1. The van der Waals surface area contributed by atoms with Crippen LogP contribution in [-0.4, -0.2) is 21.9 Å². The maximum Gasteiger partial charge on any atom is 0.295 e. The van der Waals surface area contributed by atoms with Gasteiger partial charge in [-0.05, 0) is 31.2 Å². The number of nitriles is 2. The lowest BCUT2D eigenvalue weighted by Crippen LogP contribution is -2.23. The third-order valence-corrected chi connectivity index (χ3v) is 4.67. The number of hydrogen-bond donors (Lipinski definition) is 1. The fraction of sp³-hybridized carbons (Fsp3) is 0.130. The predicted octanol–water partition coefficient (Wildman–Crippen LogP) is 2.93. The lowest BCUT2D eigenvalue weighted by Gasteiger charge is -2.07. The van der Waals surface area contributed by atoms with Gasteiger partial charge in [0.2, 0.25) is 0 Å². The van der Waals surface area contributed by atoms with E-state index in [-0.39, 0.29) is 17.9 Å². The zero-order valence-electron chi connectivity index (χ0n) is 17.0. The largest absolute Gasteiger partial charge is 0.478 e. The first kappa shape index (κ1) is 21.2. The Labute approximate surface area is 178 Å². The molecule has 0 atom stereocenters. The summed E-state index contributed by atoms with van der Waals surface area (Å²) in [5, 5.41) is 20.8. The van der Waals surface area contributed by atoms with Gasteiger partial charge in [-0.3, -0.25) is 14.3 Å². The smallest absolute Gasteiger partial charge is 0.295 e. The summed E-state index contributed by atoms with van der Waals surface area (Å²) in [5.74, 6) is -0.351. The molecular weight excluding hydrogens is 394 g/mol. The van der Waals surface area contributed by atoms with Gasteiger partial charge >= 0.3 is 0 Å². The number of ether oxygens (including phenoxy) is 1. The first-order valence-electron chi connectivity index (χ1n) is 9.34. The molecule has 0 spiro atoms. The van der Waals surface area contributed by atoms with Gasteiger partial charge in [-0.2, -0.15) is 10.5 Å². The van der Waals surface area contributed by atoms with Crippen molar-refractivity contribution in [3.63, 3.8) is 0 Å². The number of nitrogens with one attached hydrogen (secondary N) is 1. The minimum Gasteiger partial charge on any atom is -0.478 e. The summed E-state index contributed by atoms with van der Waals surface area (Å²) >= 11 is 0. The second-order valence-corrected chi connectivity index (χ2v) is 6.55. The molecule has 0 aliphatic rings. The van der Waals surface area contributed by atoms with Crippen molar-refractivity contribution in [1.29, 1.82) is 10.5 Å². The van der Waals surface area contributed by atoms with Gasteiger partial charge in [0.1, 0.15) is 29.1 Å². The van der Waals surface area contributed by atoms with Gasteiger partial charge in [0, 0.05) is 12.6 Å². The van der Waals surface area contributed by atoms with E-state index in [2.05, 4.69) is 5.32 Å². The second-order valence-electron chi connectivity index (χ2n) is 6.55. The van der Waals surface area contributed by atoms with Gasteiger partial charge in [-0.25, -0.2) is 4.68 Å². The maximum absolute atomic E-state index is 13.0. The summed E-state index contributed by atoms with van der Waals surface area (Å²) in [6.07, 6.45) is 1.36. The summed E-state index contributed by atoms with van der Waals surface area (Å²) in [6, 6.07) is 19.5. The van der Waals surface area contributed by atoms with E-state index < -0.39 is 11.5 Å². The highest BCUT2D eigenvalue weighted by molar-refractivity contribution is 6.10. The van der Waals surface area contributed by atoms with Crippen molar-refractivity contribution in [1.82, 2.24) is 9.36 Å². The van der Waals surface area contributed by atoms with Gasteiger partial charge in [-0.15, -0.1) is 0 Å². The highest BCUT2D eigenvalue weighted by atomic mass is 16.5. The normalized spacial score (nSPS) is 10.8. The van der Waals surface area contributed by atoms with Crippen LogP contribution in [0.15, 0.2) is 65.0 Å². The van der Waals surface area contributed by atoms with E-state index in [1.165, 1.54) is 10.8 Å². The standard InChI is InChI=1S/C23H19N5O3/c1-16-21(23(30)28(27(16)2)19-9-4-3-5-10-19)26-22(29)18(15-25)14-17-8-6-7-11-20(17)31-13-12-24/h3-11,14H,13H2,1-2H3,(H,26,29)/b18-14+. The van der Waals surface area contributed by atoms with E-state index in [4.69, 9.17) is 10.00 Å². The van der Waals surface area contributed by atoms with Crippen molar-refractivity contribution in [2.24, 2.45) is 7.05 Å². The molecule has 0 fully saturated rings. The Balaban J connectivity index is 1.95. The quantitative estimate of drug-likeness (QED) is 0.493. The number of rotatable bonds is 6. The van der Waals surface area contributed by atoms with Crippen molar-refractivity contribution in [3.05, 3.63) is 81.8 Å². The summed E-state index contributed by atoms with van der Waals surface area (Å²) in [5.41, 5.74) is 1.13. The summed E-state index contributed by atoms with van der Waals surface area (Å²) in [7, 11) is 1.71. The fourth-order valence-electron chi connectivity index (χ4n) is 3.04. The van der Waals surface area contributed by atoms with E-state index in [1.807, 2.05) is 30.3 Å². The van der Waals surface area contributed by atoms with Crippen molar-refractivity contribution < 1.29 is 9.53 Å². The molecule has 2 aromatic carbocycles. The zero-order valence-corrected chi connectivity index (χ0v) is 17.0. The number of nitrogens with zero attached hydrogens (tertiary/aromatic N) is 4. The average Bonchev–Trinajstić information content (AvgIpc) is 3.00. The molecule has 0 saturated carbocycles. The molecule has 1 N–H and O–H groups in total. The molecule has 8 nitrogen and oxygen atoms in total. The van der Waals surface area contributed by atoms with Crippen LogP contribution in [0.5, 0.6) is 5.75 Å². The van der Waals surface area contributed by atoms with Gasteiger partial charge in [0.25, 0.3) is 11.5 Å². The Hall–Kier alpha value is -4.56. The molecule has 8 heteroatoms. The molecule has 1 aromatic heterocycles. The van der Waals surface area contributed by atoms with Gasteiger partial charge < -0.3 is 10.1 Å². The van der Waals surface area contributed by atoms with E-state index in [9.17, 15) is 14.9 Å². The van der Waals surface area contributed by atoms with Crippen LogP contribution in [0.25, 0.3) is 11.8 Å². The molecule has 0 bridgehead atoms. The molecule has 0 saturated heterocycles. The summed E-state index contributed by atoms with van der Waals surface area (Å²) in [4.78, 5) is 25.7. The lowest BCUT2D eigenvalue weighted by atomic mass is 10.1. The first-order valence-corrected chi connectivity index (χ1v) is 9.34. The highest BCUT2D eigenvalue weighted by Gasteiger charge is 2.20. The highest BCUT2D eigenvalue weighted by Crippen LogP contribution is 2.22. The van der Waals surface area contributed by atoms with Crippen LogP contribution in [-0.2, 0) is 11.8 Å². The molecule has 0 aliphatic heterocycles. The van der Waals surface area contributed by atoms with Crippen LogP contribution in [0.4, 0.5) is 5.69 Å². The van der Waals surface area contributed by atoms with Gasteiger partial charge in [0.15, 0.2) is 6.61 Å². The topological polar surface area (TPSA) is 113 Å². The Morgan fingerprint density at radius 2 is 1.81 bits per heavy atom. The third kappa shape index (κ3) is 4.39. The van der Waals surface area contributed by atoms with Crippen molar-refractivity contribution >= 4 is 17.7 Å². The number of amides is 1. The number of para-hydroxylation sites is 2. The van der Waals surface area contributed by atoms with Crippen molar-refractivity contribution in [2.45, 2.75) is 6.92 Å². The molecule has 3 rings (SSSR count). The van der Waals surface area contributed by atoms with Gasteiger partial charge in [0.05, 0.1) is 11.4 Å². The molecule has 1 heterocycles. The molecular formula is C23H19N5O3. The minimum absolute atomic E-state index is 0.0894. The van der Waals surface area contributed by atoms with Crippen LogP contribution < -0.4 is 15.6 Å². The predicted molar refractivity (Wildman–Crippen MR) is 116 cm³/mol. The van der Waals surface area contributed by atoms with Crippen LogP contribution in [0, 0.1) is 29.6 Å². The minimum atomic E-state index is -0.719. The van der Waals surface area contributed by atoms with Crippen LogP contribution in [0.3, 0.4) is 0 Å². The zero-order chi connectivity index (χ0) is 22.4. The monoisotopic (exact) mass is 413 g/mol. The van der Waals surface area contributed by atoms with E-state index in [0.29, 0.717) is 22.7 Å². The fourth-order valence-corrected chi connectivity index (χ4v) is 3.04. The number of aromatic nitrogens is 2. The Morgan fingerprint density at radius 3 is 2.48 bits per heavy atom. The van der Waals surface area contributed by atoms with Crippen molar-refractivity contribution in [2.75, 3.05) is 11.9 Å². The molecule has 0 aliphatic carbocycles. The lowest BCUT2D eigenvalue weighted by molar-refractivity contribution is -0.112. The van der Waals surface area contributed by atoms with Gasteiger partial charge in [-0.1, -0.05) is 36.4 Å². The maximum atomic E-state index is 13.0. The molecule has 3 aromatic rings. The average molecular weight is 413 g/mol. The van der Waals surface area contributed by atoms with Crippen LogP contribution >= 0.6 is 0 Å². The Bertz CT molecular complexity index is 1290. The summed E-state index contributed by atoms with van der Waals surface area (Å²) < 4.78 is 8.40. The van der Waals surface area contributed by atoms with E-state index in [0.717, 1.165) is 0 Å². The molecule has 31 heavy (non-hydrogen) atoms. The Morgan fingerprint density at radius 1 is 1.13 bits per heavy atom.